The molecule has 0 aliphatic heterocycles. The van der Waals surface area contributed by atoms with E-state index in [2.05, 4.69) is 15.3 Å². The number of rotatable bonds is 2. The molecule has 0 atom stereocenters. The largest absolute Gasteiger partial charge is 0.353 e. The van der Waals surface area contributed by atoms with Crippen molar-refractivity contribution in [1.29, 1.82) is 0 Å². The first-order valence-corrected chi connectivity index (χ1v) is 5.59. The van der Waals surface area contributed by atoms with Crippen LogP contribution >= 0.6 is 23.2 Å². The van der Waals surface area contributed by atoms with Crippen LogP contribution in [0.15, 0.2) is 12.1 Å². The molecule has 0 radical (unpaired) electrons. The molecule has 15 heavy (non-hydrogen) atoms. The number of anilines is 1. The lowest BCUT2D eigenvalue weighted by Crippen LogP contribution is -2.01. The van der Waals surface area contributed by atoms with Crippen LogP contribution in [0, 0.1) is 0 Å². The van der Waals surface area contributed by atoms with Crippen LogP contribution in [0.5, 0.6) is 0 Å². The third-order valence-electron chi connectivity index (χ3n) is 2.44. The second kappa shape index (κ2) is 3.29. The second-order valence-electron chi connectivity index (χ2n) is 3.79. The van der Waals surface area contributed by atoms with Crippen molar-refractivity contribution >= 4 is 40.2 Å². The normalized spacial score (nSPS) is 15.9. The highest BCUT2D eigenvalue weighted by molar-refractivity contribution is 6.42. The van der Waals surface area contributed by atoms with E-state index in [1.54, 1.807) is 12.1 Å². The Bertz CT molecular complexity index is 478. The SMILES string of the molecule is Clc1cc2nc(NC3CC3)[nH]c2cc1Cl. The molecular weight excluding hydrogens is 233 g/mol. The average Bonchev–Trinajstić information content (AvgIpc) is 2.89. The zero-order valence-electron chi connectivity index (χ0n) is 7.85. The van der Waals surface area contributed by atoms with Gasteiger partial charge in [0, 0.05) is 6.04 Å². The minimum Gasteiger partial charge on any atom is -0.353 e. The summed E-state index contributed by atoms with van der Waals surface area (Å²) < 4.78 is 0. The summed E-state index contributed by atoms with van der Waals surface area (Å²) in [6, 6.07) is 4.15. The molecular formula is C10H9Cl2N3. The molecule has 0 spiro atoms. The summed E-state index contributed by atoms with van der Waals surface area (Å²) in [5, 5.41) is 4.37. The van der Waals surface area contributed by atoms with Crippen LogP contribution in [0.1, 0.15) is 12.8 Å². The molecule has 1 aromatic heterocycles. The van der Waals surface area contributed by atoms with Crippen molar-refractivity contribution in [3.63, 3.8) is 0 Å². The minimum atomic E-state index is 0.536. The van der Waals surface area contributed by atoms with Crippen molar-refractivity contribution in [1.82, 2.24) is 9.97 Å². The van der Waals surface area contributed by atoms with Gasteiger partial charge in [-0.1, -0.05) is 23.2 Å². The van der Waals surface area contributed by atoms with Crippen LogP contribution in [-0.2, 0) is 0 Å². The standard InChI is InChI=1S/C10H9Cl2N3/c11-6-3-8-9(4-7(6)12)15-10(14-8)13-5-1-2-5/h3-5H,1-2H2,(H2,13,14,15). The third-order valence-corrected chi connectivity index (χ3v) is 3.16. The fourth-order valence-corrected chi connectivity index (χ4v) is 1.82. The van der Waals surface area contributed by atoms with Crippen LogP contribution < -0.4 is 5.32 Å². The maximum absolute atomic E-state index is 5.91. The molecule has 2 aromatic rings. The summed E-state index contributed by atoms with van der Waals surface area (Å²) in [4.78, 5) is 7.55. The van der Waals surface area contributed by atoms with E-state index in [0.717, 1.165) is 17.0 Å². The van der Waals surface area contributed by atoms with Crippen LogP contribution in [0.2, 0.25) is 10.0 Å². The van der Waals surface area contributed by atoms with Gasteiger partial charge in [-0.2, -0.15) is 0 Å². The van der Waals surface area contributed by atoms with Gasteiger partial charge in [0.2, 0.25) is 5.95 Å². The summed E-state index contributed by atoms with van der Waals surface area (Å²) in [5.41, 5.74) is 1.75. The smallest absolute Gasteiger partial charge is 0.201 e. The second-order valence-corrected chi connectivity index (χ2v) is 4.60. The first-order valence-electron chi connectivity index (χ1n) is 4.84. The number of nitrogens with zero attached hydrogens (tertiary/aromatic N) is 1. The van der Waals surface area contributed by atoms with E-state index >= 15 is 0 Å². The van der Waals surface area contributed by atoms with Crippen molar-refractivity contribution < 1.29 is 0 Å². The Balaban J connectivity index is 2.04. The zero-order chi connectivity index (χ0) is 10.4. The molecule has 5 heteroatoms. The lowest BCUT2D eigenvalue weighted by Gasteiger charge is -1.95. The molecule has 0 bridgehead atoms. The van der Waals surface area contributed by atoms with E-state index in [1.165, 1.54) is 12.8 Å². The summed E-state index contributed by atoms with van der Waals surface area (Å²) >= 11 is 11.8. The molecule has 78 valence electrons. The van der Waals surface area contributed by atoms with E-state index in [-0.39, 0.29) is 0 Å². The van der Waals surface area contributed by atoms with E-state index in [9.17, 15) is 0 Å². The predicted molar refractivity (Wildman–Crippen MR) is 62.8 cm³/mol. The molecule has 1 aromatic carbocycles. The number of imidazole rings is 1. The highest BCUT2D eigenvalue weighted by Gasteiger charge is 2.22. The third kappa shape index (κ3) is 1.77. The first-order chi connectivity index (χ1) is 7.22. The number of fused-ring (bicyclic) bond motifs is 1. The minimum absolute atomic E-state index is 0.536. The van der Waals surface area contributed by atoms with E-state index < -0.39 is 0 Å². The molecule has 1 fully saturated rings. The van der Waals surface area contributed by atoms with E-state index in [4.69, 9.17) is 23.2 Å². The molecule has 1 aliphatic carbocycles. The van der Waals surface area contributed by atoms with Gasteiger partial charge in [0.25, 0.3) is 0 Å². The Hall–Kier alpha value is -0.930. The number of halogens is 2. The molecule has 2 N–H and O–H groups in total. The zero-order valence-corrected chi connectivity index (χ0v) is 9.36. The van der Waals surface area contributed by atoms with Gasteiger partial charge in [-0.05, 0) is 25.0 Å². The maximum Gasteiger partial charge on any atom is 0.201 e. The molecule has 0 unspecified atom stereocenters. The Labute approximate surface area is 96.8 Å². The number of hydrogen-bond acceptors (Lipinski definition) is 2. The van der Waals surface area contributed by atoms with Crippen molar-refractivity contribution in [2.45, 2.75) is 18.9 Å². The van der Waals surface area contributed by atoms with Crippen LogP contribution in [0.4, 0.5) is 5.95 Å². The van der Waals surface area contributed by atoms with E-state index in [1.807, 2.05) is 0 Å². The lowest BCUT2D eigenvalue weighted by molar-refractivity contribution is 1.10. The predicted octanol–water partition coefficient (Wildman–Crippen LogP) is 3.44. The highest BCUT2D eigenvalue weighted by atomic mass is 35.5. The van der Waals surface area contributed by atoms with Gasteiger partial charge < -0.3 is 10.3 Å². The topological polar surface area (TPSA) is 40.7 Å². The molecule has 1 aliphatic rings. The number of hydrogen-bond donors (Lipinski definition) is 2. The van der Waals surface area contributed by atoms with Gasteiger partial charge in [-0.15, -0.1) is 0 Å². The fourth-order valence-electron chi connectivity index (χ4n) is 1.49. The Morgan fingerprint density at radius 1 is 1.27 bits per heavy atom. The monoisotopic (exact) mass is 241 g/mol. The summed E-state index contributed by atoms with van der Waals surface area (Å²) in [7, 11) is 0. The summed E-state index contributed by atoms with van der Waals surface area (Å²) in [6.07, 6.45) is 2.44. The van der Waals surface area contributed by atoms with Gasteiger partial charge in [0.05, 0.1) is 21.1 Å². The number of nitrogens with one attached hydrogen (secondary N) is 2. The van der Waals surface area contributed by atoms with Crippen LogP contribution in [-0.4, -0.2) is 16.0 Å². The Morgan fingerprint density at radius 2 is 2.00 bits per heavy atom. The Kier molecular flexibility index (Phi) is 2.04. The van der Waals surface area contributed by atoms with Crippen molar-refractivity contribution in [2.24, 2.45) is 0 Å². The molecule has 3 rings (SSSR count). The van der Waals surface area contributed by atoms with Gasteiger partial charge >= 0.3 is 0 Å². The van der Waals surface area contributed by atoms with Crippen LogP contribution in [0.25, 0.3) is 11.0 Å². The molecule has 1 heterocycles. The van der Waals surface area contributed by atoms with Gasteiger partial charge in [-0.3, -0.25) is 0 Å². The average molecular weight is 242 g/mol. The molecule has 0 saturated heterocycles. The van der Waals surface area contributed by atoms with Crippen molar-refractivity contribution in [3.8, 4) is 0 Å². The van der Waals surface area contributed by atoms with Crippen molar-refractivity contribution in [3.05, 3.63) is 22.2 Å². The number of benzene rings is 1. The van der Waals surface area contributed by atoms with Gasteiger partial charge in [-0.25, -0.2) is 4.98 Å². The number of H-pyrrole nitrogens is 1. The molecule has 1 saturated carbocycles. The maximum atomic E-state index is 5.91. The quantitative estimate of drug-likeness (QED) is 0.846. The highest BCUT2D eigenvalue weighted by Crippen LogP contribution is 2.29. The fraction of sp³-hybridized carbons (Fsp3) is 0.300. The lowest BCUT2D eigenvalue weighted by atomic mass is 10.3. The Morgan fingerprint density at radius 3 is 2.73 bits per heavy atom. The first kappa shape index (κ1) is 9.31. The summed E-state index contributed by atoms with van der Waals surface area (Å²) in [6.45, 7) is 0. The number of aromatic amines is 1. The van der Waals surface area contributed by atoms with Crippen LogP contribution in [0.3, 0.4) is 0 Å². The molecule has 0 amide bonds. The van der Waals surface area contributed by atoms with Gasteiger partial charge in [0.15, 0.2) is 0 Å². The molecule has 3 nitrogen and oxygen atoms in total. The number of aromatic nitrogens is 2. The van der Waals surface area contributed by atoms with E-state index in [0.29, 0.717) is 16.1 Å². The van der Waals surface area contributed by atoms with Crippen molar-refractivity contribution in [2.75, 3.05) is 5.32 Å². The van der Waals surface area contributed by atoms with Gasteiger partial charge in [0.1, 0.15) is 0 Å². The summed E-state index contributed by atoms with van der Waals surface area (Å²) in [5.74, 6) is 0.797.